The van der Waals surface area contributed by atoms with Crippen LogP contribution in [-0.2, 0) is 9.59 Å². The third-order valence-corrected chi connectivity index (χ3v) is 6.72. The van der Waals surface area contributed by atoms with Gasteiger partial charge in [0.25, 0.3) is 0 Å². The van der Waals surface area contributed by atoms with E-state index in [1.54, 1.807) is 0 Å². The van der Waals surface area contributed by atoms with E-state index in [0.29, 0.717) is 11.8 Å². The van der Waals surface area contributed by atoms with Crippen LogP contribution in [-0.4, -0.2) is 60.9 Å². The monoisotopic (exact) mass is 371 g/mol. The van der Waals surface area contributed by atoms with Crippen molar-refractivity contribution in [2.45, 2.75) is 58.4 Å². The molecule has 0 aromatic rings. The molecule has 3 fully saturated rings. The van der Waals surface area contributed by atoms with Gasteiger partial charge in [0.15, 0.2) is 0 Å². The largest absolute Gasteiger partial charge is 0.343 e. The molecular weight excluding hydrogens is 338 g/mol. The van der Waals surface area contributed by atoms with Gasteiger partial charge in [-0.2, -0.15) is 0 Å². The summed E-state index contributed by atoms with van der Waals surface area (Å²) in [7, 11) is 1.89. The van der Waals surface area contributed by atoms with Crippen LogP contribution in [0.5, 0.6) is 0 Å². The third-order valence-electron chi connectivity index (χ3n) is 6.72. The SMILES string of the molecule is CC(C)N(C)C(=O)C1CCN(C(=O)[C@@]23CCCC[C@H]2CNC3)CC1.Cl. The summed E-state index contributed by atoms with van der Waals surface area (Å²) in [6, 6.07) is 0.239. The molecule has 2 heterocycles. The second kappa shape index (κ2) is 8.26. The first-order valence-corrected chi connectivity index (χ1v) is 9.72. The zero-order valence-corrected chi connectivity index (χ0v) is 16.7. The number of nitrogens with zero attached hydrogens (tertiary/aromatic N) is 2. The number of hydrogen-bond acceptors (Lipinski definition) is 3. The van der Waals surface area contributed by atoms with E-state index >= 15 is 0 Å². The Morgan fingerprint density at radius 3 is 2.48 bits per heavy atom. The molecule has 0 spiro atoms. The predicted octanol–water partition coefficient (Wildman–Crippen LogP) is 2.29. The molecule has 1 saturated carbocycles. The molecule has 6 heteroatoms. The minimum absolute atomic E-state index is 0. The minimum Gasteiger partial charge on any atom is -0.343 e. The Morgan fingerprint density at radius 1 is 1.16 bits per heavy atom. The van der Waals surface area contributed by atoms with Crippen molar-refractivity contribution in [2.75, 3.05) is 33.2 Å². The maximum atomic E-state index is 13.3. The van der Waals surface area contributed by atoms with Crippen molar-refractivity contribution < 1.29 is 9.59 Å². The van der Waals surface area contributed by atoms with E-state index in [2.05, 4.69) is 10.2 Å². The van der Waals surface area contributed by atoms with Crippen LogP contribution in [0.15, 0.2) is 0 Å². The lowest BCUT2D eigenvalue weighted by Gasteiger charge is -2.43. The number of hydrogen-bond donors (Lipinski definition) is 1. The van der Waals surface area contributed by atoms with Gasteiger partial charge >= 0.3 is 0 Å². The number of rotatable bonds is 3. The lowest BCUT2D eigenvalue weighted by Crippen LogP contribution is -2.53. The normalized spacial score (nSPS) is 29.9. The summed E-state index contributed by atoms with van der Waals surface area (Å²) < 4.78 is 0. The van der Waals surface area contributed by atoms with Crippen LogP contribution in [0.1, 0.15) is 52.4 Å². The summed E-state index contributed by atoms with van der Waals surface area (Å²) in [4.78, 5) is 29.7. The number of carbonyl (C=O) groups is 2. The summed E-state index contributed by atoms with van der Waals surface area (Å²) in [5, 5.41) is 3.47. The maximum Gasteiger partial charge on any atom is 0.230 e. The quantitative estimate of drug-likeness (QED) is 0.828. The second-order valence-corrected chi connectivity index (χ2v) is 8.34. The van der Waals surface area contributed by atoms with Crippen LogP contribution in [0.2, 0.25) is 0 Å². The highest BCUT2D eigenvalue weighted by Crippen LogP contribution is 2.45. The molecule has 2 aliphatic heterocycles. The van der Waals surface area contributed by atoms with Gasteiger partial charge in [0.1, 0.15) is 0 Å². The van der Waals surface area contributed by atoms with Crippen molar-refractivity contribution in [1.29, 1.82) is 0 Å². The molecule has 0 unspecified atom stereocenters. The smallest absolute Gasteiger partial charge is 0.230 e. The Bertz CT molecular complexity index is 491. The highest BCUT2D eigenvalue weighted by molar-refractivity contribution is 5.85. The molecule has 25 heavy (non-hydrogen) atoms. The number of carbonyl (C=O) groups excluding carboxylic acids is 2. The zero-order valence-electron chi connectivity index (χ0n) is 15.9. The van der Waals surface area contributed by atoms with Crippen LogP contribution in [0, 0.1) is 17.3 Å². The number of piperidine rings is 1. The average Bonchev–Trinajstić information content (AvgIpc) is 3.05. The van der Waals surface area contributed by atoms with Gasteiger partial charge in [0, 0.05) is 38.6 Å². The molecule has 5 nitrogen and oxygen atoms in total. The Morgan fingerprint density at radius 2 is 1.84 bits per heavy atom. The predicted molar refractivity (Wildman–Crippen MR) is 102 cm³/mol. The van der Waals surface area contributed by atoms with Gasteiger partial charge < -0.3 is 15.1 Å². The molecule has 0 aromatic carbocycles. The van der Waals surface area contributed by atoms with Gasteiger partial charge in [-0.05, 0) is 52.0 Å². The molecule has 3 rings (SSSR count). The number of amides is 2. The van der Waals surface area contributed by atoms with Crippen molar-refractivity contribution in [3.8, 4) is 0 Å². The Hall–Kier alpha value is -0.810. The van der Waals surface area contributed by atoms with Crippen molar-refractivity contribution in [2.24, 2.45) is 17.3 Å². The summed E-state index contributed by atoms with van der Waals surface area (Å²) in [6.07, 6.45) is 6.30. The van der Waals surface area contributed by atoms with Gasteiger partial charge in [-0.3, -0.25) is 9.59 Å². The van der Waals surface area contributed by atoms with Crippen molar-refractivity contribution >= 4 is 24.2 Å². The van der Waals surface area contributed by atoms with Crippen LogP contribution >= 0.6 is 12.4 Å². The second-order valence-electron chi connectivity index (χ2n) is 8.34. The maximum absolute atomic E-state index is 13.3. The summed E-state index contributed by atoms with van der Waals surface area (Å²) in [6.45, 7) is 7.44. The van der Waals surface area contributed by atoms with Gasteiger partial charge in [-0.25, -0.2) is 0 Å². The van der Waals surface area contributed by atoms with Crippen LogP contribution in [0.4, 0.5) is 0 Å². The minimum atomic E-state index is -0.149. The summed E-state index contributed by atoms with van der Waals surface area (Å²) >= 11 is 0. The fourth-order valence-corrected chi connectivity index (χ4v) is 4.86. The van der Waals surface area contributed by atoms with Crippen molar-refractivity contribution in [3.63, 3.8) is 0 Å². The van der Waals surface area contributed by atoms with Gasteiger partial charge in [-0.15, -0.1) is 12.4 Å². The van der Waals surface area contributed by atoms with E-state index in [1.807, 2.05) is 25.8 Å². The molecule has 3 aliphatic rings. The Balaban J connectivity index is 0.00000225. The van der Waals surface area contributed by atoms with E-state index in [1.165, 1.54) is 19.3 Å². The summed E-state index contributed by atoms with van der Waals surface area (Å²) in [5.41, 5.74) is -0.149. The summed E-state index contributed by atoms with van der Waals surface area (Å²) in [5.74, 6) is 1.21. The third kappa shape index (κ3) is 3.82. The molecule has 1 N–H and O–H groups in total. The Kier molecular flexibility index (Phi) is 6.77. The number of likely N-dealkylation sites (tertiary alicyclic amines) is 1. The van der Waals surface area contributed by atoms with Gasteiger partial charge in [-0.1, -0.05) is 12.8 Å². The molecule has 1 aliphatic carbocycles. The first-order valence-electron chi connectivity index (χ1n) is 9.72. The van der Waals surface area contributed by atoms with E-state index in [9.17, 15) is 9.59 Å². The van der Waals surface area contributed by atoms with Gasteiger partial charge in [0.2, 0.25) is 11.8 Å². The molecule has 144 valence electrons. The van der Waals surface area contributed by atoms with Gasteiger partial charge in [0.05, 0.1) is 5.41 Å². The van der Waals surface area contributed by atoms with E-state index in [4.69, 9.17) is 0 Å². The number of halogens is 1. The molecule has 0 bridgehead atoms. The fourth-order valence-electron chi connectivity index (χ4n) is 4.86. The molecule has 2 saturated heterocycles. The van der Waals surface area contributed by atoms with E-state index in [0.717, 1.165) is 45.4 Å². The Labute approximate surface area is 158 Å². The first kappa shape index (κ1) is 20.5. The zero-order chi connectivity index (χ0) is 17.3. The lowest BCUT2D eigenvalue weighted by molar-refractivity contribution is -0.149. The highest BCUT2D eigenvalue weighted by atomic mass is 35.5. The standard InChI is InChI=1S/C19H33N3O2.ClH/c1-14(2)21(3)17(23)15-7-10-22(11-8-15)18(24)19-9-5-4-6-16(19)12-20-13-19;/h14-16,20H,4-13H2,1-3H3;1H/t16-,19+;/m0./s1. The van der Waals surface area contributed by atoms with Crippen LogP contribution in [0.25, 0.3) is 0 Å². The average molecular weight is 372 g/mol. The van der Waals surface area contributed by atoms with Crippen LogP contribution in [0.3, 0.4) is 0 Å². The number of nitrogens with one attached hydrogen (secondary N) is 1. The molecule has 2 amide bonds. The topological polar surface area (TPSA) is 52.7 Å². The van der Waals surface area contributed by atoms with Crippen LogP contribution < -0.4 is 5.32 Å². The van der Waals surface area contributed by atoms with E-state index < -0.39 is 0 Å². The molecule has 0 radical (unpaired) electrons. The molecular formula is C19H34ClN3O2. The molecule has 0 aromatic heterocycles. The highest BCUT2D eigenvalue weighted by Gasteiger charge is 2.51. The lowest BCUT2D eigenvalue weighted by atomic mass is 9.67. The van der Waals surface area contributed by atoms with Crippen molar-refractivity contribution in [3.05, 3.63) is 0 Å². The van der Waals surface area contributed by atoms with Crippen molar-refractivity contribution in [1.82, 2.24) is 15.1 Å². The first-order chi connectivity index (χ1) is 11.5. The number of fused-ring (bicyclic) bond motifs is 1. The van der Waals surface area contributed by atoms with E-state index in [-0.39, 0.29) is 35.7 Å². The fraction of sp³-hybridized carbons (Fsp3) is 0.895. The molecule has 2 atom stereocenters.